The van der Waals surface area contributed by atoms with E-state index in [1.807, 2.05) is 47.4 Å². The Morgan fingerprint density at radius 3 is 2.88 bits per heavy atom. The van der Waals surface area contributed by atoms with Crippen molar-refractivity contribution in [3.8, 4) is 22.7 Å². The number of benzene rings is 1. The molecule has 0 N–H and O–H groups in total. The third kappa shape index (κ3) is 3.32. The van der Waals surface area contributed by atoms with Crippen molar-refractivity contribution in [3.63, 3.8) is 0 Å². The van der Waals surface area contributed by atoms with Crippen molar-refractivity contribution in [1.29, 1.82) is 0 Å². The quantitative estimate of drug-likeness (QED) is 0.727. The van der Waals surface area contributed by atoms with Crippen molar-refractivity contribution in [2.45, 2.75) is 0 Å². The number of hydrogen-bond acceptors (Lipinski definition) is 6. The van der Waals surface area contributed by atoms with Gasteiger partial charge in [0.1, 0.15) is 5.75 Å². The predicted molar refractivity (Wildman–Crippen MR) is 94.2 cm³/mol. The average Bonchev–Trinajstić information content (AvgIpc) is 3.19. The molecule has 7 nitrogen and oxygen atoms in total. The minimum atomic E-state index is 0.710. The molecule has 0 bridgehead atoms. The van der Waals surface area contributed by atoms with E-state index < -0.39 is 0 Å². The molecule has 25 heavy (non-hydrogen) atoms. The fourth-order valence-electron chi connectivity index (χ4n) is 2.77. The van der Waals surface area contributed by atoms with Crippen LogP contribution < -0.4 is 9.64 Å². The van der Waals surface area contributed by atoms with Gasteiger partial charge in [-0.25, -0.2) is 14.6 Å². The Balaban J connectivity index is 1.61. The number of aromatic nitrogens is 4. The molecule has 1 aliphatic rings. The fraction of sp³-hybridized carbons (Fsp3) is 0.278. The number of methoxy groups -OCH3 is 1. The summed E-state index contributed by atoms with van der Waals surface area (Å²) < 4.78 is 12.5. The maximum atomic E-state index is 5.39. The van der Waals surface area contributed by atoms with E-state index in [4.69, 9.17) is 9.47 Å². The van der Waals surface area contributed by atoms with Gasteiger partial charge in [0.15, 0.2) is 0 Å². The highest BCUT2D eigenvalue weighted by atomic mass is 16.5. The Hall–Kier alpha value is -2.93. The Kier molecular flexibility index (Phi) is 4.30. The molecule has 1 saturated heterocycles. The third-order valence-corrected chi connectivity index (χ3v) is 4.13. The molecule has 1 fully saturated rings. The van der Waals surface area contributed by atoms with Gasteiger partial charge in [0.05, 0.1) is 37.9 Å². The zero-order chi connectivity index (χ0) is 17.1. The predicted octanol–water partition coefficient (Wildman–Crippen LogP) is 2.17. The van der Waals surface area contributed by atoms with E-state index in [1.165, 1.54) is 0 Å². The summed E-state index contributed by atoms with van der Waals surface area (Å²) in [7, 11) is 1.65. The van der Waals surface area contributed by atoms with Crippen molar-refractivity contribution < 1.29 is 9.47 Å². The van der Waals surface area contributed by atoms with E-state index in [0.717, 1.165) is 41.7 Å². The Bertz CT molecular complexity index is 858. The molecule has 1 aliphatic heterocycles. The topological polar surface area (TPSA) is 65.3 Å². The summed E-state index contributed by atoms with van der Waals surface area (Å²) in [5.74, 6) is 1.53. The zero-order valence-corrected chi connectivity index (χ0v) is 14.0. The van der Waals surface area contributed by atoms with Crippen LogP contribution in [0.2, 0.25) is 0 Å². The first kappa shape index (κ1) is 15.6. The summed E-state index contributed by atoms with van der Waals surface area (Å²) in [6.45, 7) is 3.04. The number of ether oxygens (including phenoxy) is 2. The van der Waals surface area contributed by atoms with Crippen LogP contribution in [0.5, 0.6) is 5.75 Å². The average molecular weight is 337 g/mol. The van der Waals surface area contributed by atoms with Gasteiger partial charge in [-0.05, 0) is 18.2 Å². The van der Waals surface area contributed by atoms with Crippen LogP contribution in [0.1, 0.15) is 0 Å². The van der Waals surface area contributed by atoms with Gasteiger partial charge in [-0.1, -0.05) is 6.07 Å². The van der Waals surface area contributed by atoms with Gasteiger partial charge in [0.25, 0.3) is 0 Å². The van der Waals surface area contributed by atoms with Crippen molar-refractivity contribution in [2.75, 3.05) is 38.3 Å². The van der Waals surface area contributed by atoms with Crippen LogP contribution in [0.3, 0.4) is 0 Å². The van der Waals surface area contributed by atoms with Crippen LogP contribution in [0.15, 0.2) is 48.9 Å². The van der Waals surface area contributed by atoms with Crippen LogP contribution in [-0.2, 0) is 4.74 Å². The van der Waals surface area contributed by atoms with Crippen molar-refractivity contribution in [3.05, 3.63) is 48.9 Å². The minimum absolute atomic E-state index is 0.710. The van der Waals surface area contributed by atoms with Crippen LogP contribution >= 0.6 is 0 Å². The summed E-state index contributed by atoms with van der Waals surface area (Å²) in [4.78, 5) is 11.2. The number of hydrogen-bond donors (Lipinski definition) is 0. The van der Waals surface area contributed by atoms with Gasteiger partial charge in [-0.15, -0.1) is 0 Å². The molecular formula is C18H19N5O2. The molecule has 0 atom stereocenters. The second-order valence-corrected chi connectivity index (χ2v) is 5.72. The lowest BCUT2D eigenvalue weighted by Crippen LogP contribution is -2.37. The van der Waals surface area contributed by atoms with Crippen molar-refractivity contribution in [2.24, 2.45) is 0 Å². The van der Waals surface area contributed by atoms with Gasteiger partial charge < -0.3 is 14.4 Å². The van der Waals surface area contributed by atoms with E-state index >= 15 is 0 Å². The molecule has 3 aromatic rings. The SMILES string of the molecule is COc1cccc(-n2cc(-c3ccnc(N4CCOCC4)n3)cn2)c1. The largest absolute Gasteiger partial charge is 0.497 e. The first-order chi connectivity index (χ1) is 12.3. The number of anilines is 1. The Morgan fingerprint density at radius 1 is 1.16 bits per heavy atom. The van der Waals surface area contributed by atoms with E-state index in [0.29, 0.717) is 13.2 Å². The fourth-order valence-corrected chi connectivity index (χ4v) is 2.77. The smallest absolute Gasteiger partial charge is 0.226 e. The molecular weight excluding hydrogens is 318 g/mol. The third-order valence-electron chi connectivity index (χ3n) is 4.13. The standard InChI is InChI=1S/C18H19N5O2/c1-24-16-4-2-3-15(11-16)23-13-14(12-20-23)17-5-6-19-18(21-17)22-7-9-25-10-8-22/h2-6,11-13H,7-10H2,1H3. The van der Waals surface area contributed by atoms with Crippen LogP contribution in [0, 0.1) is 0 Å². The van der Waals surface area contributed by atoms with E-state index in [1.54, 1.807) is 13.3 Å². The van der Waals surface area contributed by atoms with Gasteiger partial charge in [-0.2, -0.15) is 5.10 Å². The van der Waals surface area contributed by atoms with Gasteiger partial charge in [-0.3, -0.25) is 0 Å². The summed E-state index contributed by atoms with van der Waals surface area (Å²) in [5, 5.41) is 4.45. The van der Waals surface area contributed by atoms with Crippen LogP contribution in [0.4, 0.5) is 5.95 Å². The molecule has 4 rings (SSSR count). The van der Waals surface area contributed by atoms with Crippen molar-refractivity contribution in [1.82, 2.24) is 19.7 Å². The molecule has 2 aromatic heterocycles. The maximum Gasteiger partial charge on any atom is 0.226 e. The summed E-state index contributed by atoms with van der Waals surface area (Å²) in [6, 6.07) is 9.68. The van der Waals surface area contributed by atoms with Gasteiger partial charge >= 0.3 is 0 Å². The zero-order valence-electron chi connectivity index (χ0n) is 14.0. The minimum Gasteiger partial charge on any atom is -0.497 e. The summed E-state index contributed by atoms with van der Waals surface area (Å²) in [6.07, 6.45) is 5.56. The molecule has 0 aliphatic carbocycles. The number of rotatable bonds is 4. The molecule has 0 amide bonds. The maximum absolute atomic E-state index is 5.39. The number of nitrogens with zero attached hydrogens (tertiary/aromatic N) is 5. The van der Waals surface area contributed by atoms with E-state index in [-0.39, 0.29) is 0 Å². The molecule has 0 radical (unpaired) electrons. The van der Waals surface area contributed by atoms with Crippen LogP contribution in [0.25, 0.3) is 16.9 Å². The molecule has 3 heterocycles. The lowest BCUT2D eigenvalue weighted by molar-refractivity contribution is 0.122. The molecule has 1 aromatic carbocycles. The Morgan fingerprint density at radius 2 is 2.04 bits per heavy atom. The summed E-state index contributed by atoms with van der Waals surface area (Å²) in [5.41, 5.74) is 2.73. The van der Waals surface area contributed by atoms with Crippen LogP contribution in [-0.4, -0.2) is 53.2 Å². The first-order valence-corrected chi connectivity index (χ1v) is 8.19. The molecule has 0 unspecified atom stereocenters. The van der Waals surface area contributed by atoms with Crippen molar-refractivity contribution >= 4 is 5.95 Å². The number of morpholine rings is 1. The molecule has 0 spiro atoms. The second-order valence-electron chi connectivity index (χ2n) is 5.72. The normalized spacial score (nSPS) is 14.5. The van der Waals surface area contributed by atoms with Gasteiger partial charge in [0.2, 0.25) is 5.95 Å². The molecule has 7 heteroatoms. The highest BCUT2D eigenvalue weighted by molar-refractivity contribution is 5.59. The van der Waals surface area contributed by atoms with E-state index in [9.17, 15) is 0 Å². The monoisotopic (exact) mass is 337 g/mol. The molecule has 0 saturated carbocycles. The lowest BCUT2D eigenvalue weighted by Gasteiger charge is -2.26. The molecule has 128 valence electrons. The lowest BCUT2D eigenvalue weighted by atomic mass is 10.2. The highest BCUT2D eigenvalue weighted by Crippen LogP contribution is 2.22. The summed E-state index contributed by atoms with van der Waals surface area (Å²) >= 11 is 0. The van der Waals surface area contributed by atoms with E-state index in [2.05, 4.69) is 20.0 Å². The highest BCUT2D eigenvalue weighted by Gasteiger charge is 2.15. The van der Waals surface area contributed by atoms with Gasteiger partial charge in [0, 0.05) is 37.1 Å². The Labute approximate surface area is 145 Å². The second kappa shape index (κ2) is 6.90. The first-order valence-electron chi connectivity index (χ1n) is 8.19.